The molecule has 1 unspecified atom stereocenters. The van der Waals surface area contributed by atoms with Crippen LogP contribution in [0.15, 0.2) is 97.1 Å². The second-order valence-corrected chi connectivity index (χ2v) is 8.97. The van der Waals surface area contributed by atoms with Crippen molar-refractivity contribution in [1.82, 2.24) is 0 Å². The van der Waals surface area contributed by atoms with E-state index in [0.717, 1.165) is 23.6 Å². The first-order valence-electron chi connectivity index (χ1n) is 11.0. The molecule has 0 radical (unpaired) electrons. The summed E-state index contributed by atoms with van der Waals surface area (Å²) in [7, 11) is 0. The average molecular weight is 479 g/mol. The minimum absolute atomic E-state index is 0.0235. The fraction of sp³-hybridized carbons (Fsp3) is 0.172. The van der Waals surface area contributed by atoms with Gasteiger partial charge < -0.3 is 15.3 Å². The number of aromatic hydroxyl groups is 3. The van der Waals surface area contributed by atoms with Crippen LogP contribution in [0.4, 0.5) is 13.2 Å². The number of phenols is 3. The van der Waals surface area contributed by atoms with E-state index in [9.17, 15) is 28.5 Å². The molecule has 35 heavy (non-hydrogen) atoms. The van der Waals surface area contributed by atoms with Gasteiger partial charge in [0.25, 0.3) is 0 Å². The van der Waals surface area contributed by atoms with Crippen LogP contribution in [0.2, 0.25) is 0 Å². The van der Waals surface area contributed by atoms with Gasteiger partial charge in [0.15, 0.2) is 0 Å². The number of benzene rings is 4. The van der Waals surface area contributed by atoms with E-state index in [1.807, 2.05) is 6.92 Å². The highest BCUT2D eigenvalue weighted by atomic mass is 19.4. The normalized spacial score (nSPS) is 13.9. The van der Waals surface area contributed by atoms with Crippen molar-refractivity contribution in [3.63, 3.8) is 0 Å². The van der Waals surface area contributed by atoms with E-state index < -0.39 is 17.0 Å². The van der Waals surface area contributed by atoms with Crippen LogP contribution in [0.25, 0.3) is 0 Å². The highest BCUT2D eigenvalue weighted by molar-refractivity contribution is 5.53. The van der Waals surface area contributed by atoms with E-state index >= 15 is 0 Å². The lowest BCUT2D eigenvalue weighted by atomic mass is 9.69. The lowest BCUT2D eigenvalue weighted by Gasteiger charge is -2.35. The first-order chi connectivity index (χ1) is 16.5. The fourth-order valence-electron chi connectivity index (χ4n) is 4.52. The summed E-state index contributed by atoms with van der Waals surface area (Å²) in [5.41, 5.74) is -0.571. The summed E-state index contributed by atoms with van der Waals surface area (Å²) in [4.78, 5) is 0. The van der Waals surface area contributed by atoms with Crippen molar-refractivity contribution < 1.29 is 28.5 Å². The quantitative estimate of drug-likeness (QED) is 0.270. The van der Waals surface area contributed by atoms with E-state index in [1.165, 1.54) is 36.4 Å². The number of hydrogen-bond donors (Lipinski definition) is 3. The number of halogens is 3. The topological polar surface area (TPSA) is 60.7 Å². The standard InChI is InChI=1S/C29H25F3O3/c1-27(20-7-13-24(33)14-8-20,21-9-15-25(34)16-10-21)19-3-5-22(6-4-19)28(2,29(30,31)32)23-11-17-26(35)18-12-23/h3-18,33-35H,1-2H3. The summed E-state index contributed by atoms with van der Waals surface area (Å²) in [6.07, 6.45) is -4.58. The Balaban J connectivity index is 1.86. The summed E-state index contributed by atoms with van der Waals surface area (Å²) >= 11 is 0. The summed E-state index contributed by atoms with van der Waals surface area (Å²) < 4.78 is 43.2. The van der Waals surface area contributed by atoms with Gasteiger partial charge in [-0.1, -0.05) is 60.7 Å². The molecule has 0 fully saturated rings. The maximum absolute atomic E-state index is 14.4. The van der Waals surface area contributed by atoms with Gasteiger partial charge in [-0.05, 0) is 78.1 Å². The molecule has 0 spiro atoms. The maximum atomic E-state index is 14.4. The maximum Gasteiger partial charge on any atom is 0.402 e. The van der Waals surface area contributed by atoms with Crippen molar-refractivity contribution in [1.29, 1.82) is 0 Å². The number of rotatable bonds is 5. The largest absolute Gasteiger partial charge is 0.508 e. The minimum atomic E-state index is -4.58. The van der Waals surface area contributed by atoms with Gasteiger partial charge in [0.1, 0.15) is 22.7 Å². The molecule has 0 aliphatic heterocycles. The van der Waals surface area contributed by atoms with Crippen LogP contribution in [-0.2, 0) is 10.8 Å². The van der Waals surface area contributed by atoms with Crippen LogP contribution < -0.4 is 0 Å². The molecule has 0 amide bonds. The predicted molar refractivity (Wildman–Crippen MR) is 129 cm³/mol. The van der Waals surface area contributed by atoms with Gasteiger partial charge in [-0.25, -0.2) is 0 Å². The molecule has 180 valence electrons. The molecule has 4 rings (SSSR count). The first kappa shape index (κ1) is 24.2. The summed E-state index contributed by atoms with van der Waals surface area (Å²) in [5, 5.41) is 29.1. The van der Waals surface area contributed by atoms with Crippen LogP contribution in [0, 0.1) is 0 Å². The molecule has 4 aromatic carbocycles. The van der Waals surface area contributed by atoms with Gasteiger partial charge in [-0.15, -0.1) is 0 Å². The van der Waals surface area contributed by atoms with Crippen LogP contribution in [0.3, 0.4) is 0 Å². The van der Waals surface area contributed by atoms with Gasteiger partial charge >= 0.3 is 6.18 Å². The highest BCUT2D eigenvalue weighted by Crippen LogP contribution is 2.47. The van der Waals surface area contributed by atoms with Gasteiger partial charge in [-0.2, -0.15) is 13.2 Å². The van der Waals surface area contributed by atoms with Crippen molar-refractivity contribution >= 4 is 0 Å². The van der Waals surface area contributed by atoms with Crippen molar-refractivity contribution in [3.05, 3.63) is 125 Å². The predicted octanol–water partition coefficient (Wildman–Crippen LogP) is 7.03. The van der Waals surface area contributed by atoms with Crippen LogP contribution >= 0.6 is 0 Å². The lowest BCUT2D eigenvalue weighted by Crippen LogP contribution is -2.40. The van der Waals surface area contributed by atoms with E-state index in [4.69, 9.17) is 0 Å². The molecule has 0 aliphatic carbocycles. The molecule has 4 aromatic rings. The SMILES string of the molecule is CC(c1ccc(O)cc1)(c1ccc(O)cc1)c1ccc(C(C)(c2ccc(O)cc2)C(F)(F)F)cc1. The van der Waals surface area contributed by atoms with E-state index in [0.29, 0.717) is 0 Å². The molecular weight excluding hydrogens is 453 g/mol. The minimum Gasteiger partial charge on any atom is -0.508 e. The lowest BCUT2D eigenvalue weighted by molar-refractivity contribution is -0.173. The second kappa shape index (κ2) is 8.69. The molecule has 0 heterocycles. The Kier molecular flexibility index (Phi) is 6.01. The van der Waals surface area contributed by atoms with Crippen molar-refractivity contribution in [2.75, 3.05) is 0 Å². The van der Waals surface area contributed by atoms with Crippen molar-refractivity contribution in [3.8, 4) is 17.2 Å². The van der Waals surface area contributed by atoms with Gasteiger partial charge in [0, 0.05) is 5.41 Å². The van der Waals surface area contributed by atoms with Gasteiger partial charge in [0.05, 0.1) is 0 Å². The first-order valence-corrected chi connectivity index (χ1v) is 11.0. The molecule has 0 bridgehead atoms. The van der Waals surface area contributed by atoms with Crippen LogP contribution in [0.5, 0.6) is 17.2 Å². The molecule has 6 heteroatoms. The number of phenolic OH excluding ortho intramolecular Hbond substituents is 3. The Morgan fingerprint density at radius 2 is 0.657 bits per heavy atom. The third-order valence-electron chi connectivity index (χ3n) is 6.94. The van der Waals surface area contributed by atoms with Crippen LogP contribution in [-0.4, -0.2) is 21.5 Å². The molecule has 0 aliphatic rings. The summed E-state index contributed by atoms with van der Waals surface area (Å²) in [6.45, 7) is 3.08. The molecule has 0 saturated carbocycles. The molecule has 3 nitrogen and oxygen atoms in total. The molecule has 1 atom stereocenters. The van der Waals surface area contributed by atoms with E-state index in [1.54, 1.807) is 60.7 Å². The monoisotopic (exact) mass is 478 g/mol. The Morgan fingerprint density at radius 3 is 0.943 bits per heavy atom. The third-order valence-corrected chi connectivity index (χ3v) is 6.94. The summed E-state index contributed by atoms with van der Waals surface area (Å²) in [5.74, 6) is 0.103. The second-order valence-electron chi connectivity index (χ2n) is 8.97. The molecule has 0 saturated heterocycles. The van der Waals surface area contributed by atoms with Gasteiger partial charge in [0.2, 0.25) is 0 Å². The molecular formula is C29H25F3O3. The molecule has 3 N–H and O–H groups in total. The Hall–Kier alpha value is -3.93. The molecule has 0 aromatic heterocycles. The fourth-order valence-corrected chi connectivity index (χ4v) is 4.52. The van der Waals surface area contributed by atoms with Crippen molar-refractivity contribution in [2.24, 2.45) is 0 Å². The summed E-state index contributed by atoms with van der Waals surface area (Å²) in [6, 6.07) is 24.7. The zero-order valence-electron chi connectivity index (χ0n) is 19.2. The Bertz CT molecular complexity index is 1250. The Labute approximate surface area is 201 Å². The number of hydrogen-bond acceptors (Lipinski definition) is 3. The zero-order valence-corrected chi connectivity index (χ0v) is 19.2. The highest BCUT2D eigenvalue weighted by Gasteiger charge is 2.53. The average Bonchev–Trinajstić information content (AvgIpc) is 2.84. The third kappa shape index (κ3) is 4.20. The van der Waals surface area contributed by atoms with E-state index in [2.05, 4.69) is 0 Å². The van der Waals surface area contributed by atoms with E-state index in [-0.39, 0.29) is 28.4 Å². The number of alkyl halides is 3. The smallest absolute Gasteiger partial charge is 0.402 e. The Morgan fingerprint density at radius 1 is 0.429 bits per heavy atom. The van der Waals surface area contributed by atoms with Crippen LogP contribution in [0.1, 0.15) is 41.7 Å². The van der Waals surface area contributed by atoms with Crippen molar-refractivity contribution in [2.45, 2.75) is 30.9 Å². The zero-order chi connectivity index (χ0) is 25.4. The van der Waals surface area contributed by atoms with Gasteiger partial charge in [-0.3, -0.25) is 0 Å².